The van der Waals surface area contributed by atoms with Crippen molar-refractivity contribution in [2.24, 2.45) is 5.92 Å². The Kier molecular flexibility index (Phi) is 3.53. The van der Waals surface area contributed by atoms with Crippen molar-refractivity contribution in [3.63, 3.8) is 0 Å². The Bertz CT molecular complexity index is 512. The van der Waals surface area contributed by atoms with Gasteiger partial charge in [-0.3, -0.25) is 4.79 Å². The van der Waals surface area contributed by atoms with Crippen molar-refractivity contribution in [1.82, 2.24) is 0 Å². The maximum Gasteiger partial charge on any atom is 0.304 e. The Morgan fingerprint density at radius 3 is 2.53 bits per heavy atom. The summed E-state index contributed by atoms with van der Waals surface area (Å²) >= 11 is 0. The minimum Gasteiger partial charge on any atom is -0.497 e. The number of carbonyl (C=O) groups is 1. The van der Waals surface area contributed by atoms with E-state index < -0.39 is 5.60 Å². The third-order valence-electron chi connectivity index (χ3n) is 3.68. The zero-order chi connectivity index (χ0) is 14.0. The number of methoxy groups -OCH3 is 1. The van der Waals surface area contributed by atoms with E-state index in [-0.39, 0.29) is 11.9 Å². The van der Waals surface area contributed by atoms with E-state index in [1.54, 1.807) is 7.11 Å². The van der Waals surface area contributed by atoms with Gasteiger partial charge in [0.2, 0.25) is 0 Å². The average molecular weight is 258 g/mol. The molecule has 1 aliphatic rings. The summed E-state index contributed by atoms with van der Waals surface area (Å²) in [7, 11) is 1.64. The number of esters is 1. The smallest absolute Gasteiger partial charge is 0.304 e. The van der Waals surface area contributed by atoms with E-state index in [9.17, 15) is 4.79 Å². The van der Waals surface area contributed by atoms with Crippen molar-refractivity contribution in [3.8, 4) is 18.1 Å². The molecule has 1 saturated carbocycles. The van der Waals surface area contributed by atoms with Gasteiger partial charge in [0.25, 0.3) is 0 Å². The molecule has 0 N–H and O–H groups in total. The van der Waals surface area contributed by atoms with Gasteiger partial charge < -0.3 is 9.47 Å². The van der Waals surface area contributed by atoms with Gasteiger partial charge in [-0.1, -0.05) is 18.1 Å². The fourth-order valence-corrected chi connectivity index (χ4v) is 2.53. The molecular weight excluding hydrogens is 240 g/mol. The van der Waals surface area contributed by atoms with Gasteiger partial charge in [0, 0.05) is 12.8 Å². The van der Waals surface area contributed by atoms with E-state index in [2.05, 4.69) is 5.92 Å². The second-order valence-corrected chi connectivity index (χ2v) is 5.07. The molecule has 3 nitrogen and oxygen atoms in total. The second kappa shape index (κ2) is 4.97. The van der Waals surface area contributed by atoms with Crippen LogP contribution in [-0.2, 0) is 9.53 Å². The Morgan fingerprint density at radius 1 is 1.42 bits per heavy atom. The minimum absolute atomic E-state index is 0.190. The quantitative estimate of drug-likeness (QED) is 0.615. The van der Waals surface area contributed by atoms with E-state index in [1.165, 1.54) is 12.5 Å². The lowest BCUT2D eigenvalue weighted by atomic mass is 9.97. The molecule has 3 heteroatoms. The molecule has 0 aliphatic heterocycles. The van der Waals surface area contributed by atoms with Crippen LogP contribution in [0.15, 0.2) is 24.3 Å². The SMILES string of the molecule is C#CC(C)(OC(C)=O)[C@@H]1C[C@H]1c1ccc(OC)cc1. The standard InChI is InChI=1S/C16H18O3/c1-5-16(3,19-11(2)17)15-10-14(15)12-6-8-13(18-4)9-7-12/h1,6-9,14-15H,10H2,2-4H3/t14-,15+,16?/m0/s1. The summed E-state index contributed by atoms with van der Waals surface area (Å²) in [5, 5.41) is 0. The molecule has 0 spiro atoms. The first kappa shape index (κ1) is 13.5. The predicted molar refractivity (Wildman–Crippen MR) is 72.8 cm³/mol. The lowest BCUT2D eigenvalue weighted by Gasteiger charge is -2.23. The number of rotatable bonds is 4. The van der Waals surface area contributed by atoms with Crippen LogP contribution in [-0.4, -0.2) is 18.7 Å². The molecule has 1 fully saturated rings. The summed E-state index contributed by atoms with van der Waals surface area (Å²) in [5.74, 6) is 3.67. The van der Waals surface area contributed by atoms with Gasteiger partial charge >= 0.3 is 5.97 Å². The highest BCUT2D eigenvalue weighted by Gasteiger charge is 2.52. The maximum absolute atomic E-state index is 11.1. The Balaban J connectivity index is 2.10. The molecule has 1 aromatic rings. The molecule has 0 heterocycles. The van der Waals surface area contributed by atoms with E-state index in [0.29, 0.717) is 5.92 Å². The molecule has 100 valence electrons. The molecule has 1 aromatic carbocycles. The van der Waals surface area contributed by atoms with E-state index in [1.807, 2.05) is 31.2 Å². The summed E-state index contributed by atoms with van der Waals surface area (Å²) in [5.41, 5.74) is 0.399. The molecule has 0 saturated heterocycles. The number of carbonyl (C=O) groups excluding carboxylic acids is 1. The van der Waals surface area contributed by atoms with Crippen LogP contribution in [0.4, 0.5) is 0 Å². The molecule has 0 aromatic heterocycles. The molecule has 2 rings (SSSR count). The number of hydrogen-bond acceptors (Lipinski definition) is 3. The molecule has 3 atom stereocenters. The van der Waals surface area contributed by atoms with Crippen molar-refractivity contribution in [2.75, 3.05) is 7.11 Å². The van der Waals surface area contributed by atoms with Crippen LogP contribution >= 0.6 is 0 Å². The zero-order valence-corrected chi connectivity index (χ0v) is 11.5. The third-order valence-corrected chi connectivity index (χ3v) is 3.68. The van der Waals surface area contributed by atoms with Gasteiger partial charge in [-0.05, 0) is 37.0 Å². The highest BCUT2D eigenvalue weighted by atomic mass is 16.6. The summed E-state index contributed by atoms with van der Waals surface area (Å²) in [6.07, 6.45) is 6.48. The van der Waals surface area contributed by atoms with Crippen LogP contribution in [0.3, 0.4) is 0 Å². The van der Waals surface area contributed by atoms with Crippen LogP contribution < -0.4 is 4.74 Å². The highest BCUT2D eigenvalue weighted by Crippen LogP contribution is 2.54. The van der Waals surface area contributed by atoms with Crippen molar-refractivity contribution >= 4 is 5.97 Å². The van der Waals surface area contributed by atoms with E-state index >= 15 is 0 Å². The largest absolute Gasteiger partial charge is 0.497 e. The molecule has 0 amide bonds. The lowest BCUT2D eigenvalue weighted by molar-refractivity contribution is -0.151. The molecule has 0 bridgehead atoms. The Labute approximate surface area is 113 Å². The zero-order valence-electron chi connectivity index (χ0n) is 11.5. The monoisotopic (exact) mass is 258 g/mol. The van der Waals surface area contributed by atoms with Gasteiger partial charge in [0.15, 0.2) is 5.60 Å². The highest BCUT2D eigenvalue weighted by molar-refractivity contribution is 5.67. The maximum atomic E-state index is 11.1. The molecule has 1 unspecified atom stereocenters. The Morgan fingerprint density at radius 2 is 2.05 bits per heavy atom. The van der Waals surface area contributed by atoms with E-state index in [0.717, 1.165) is 12.2 Å². The summed E-state index contributed by atoms with van der Waals surface area (Å²) in [6.45, 7) is 3.20. The number of terminal acetylenes is 1. The van der Waals surface area contributed by atoms with Crippen LogP contribution in [0.2, 0.25) is 0 Å². The van der Waals surface area contributed by atoms with Gasteiger partial charge in [-0.25, -0.2) is 0 Å². The summed E-state index contributed by atoms with van der Waals surface area (Å²) in [4.78, 5) is 11.1. The summed E-state index contributed by atoms with van der Waals surface area (Å²) < 4.78 is 10.4. The molecule has 0 radical (unpaired) electrons. The van der Waals surface area contributed by atoms with Crippen LogP contribution in [0.1, 0.15) is 31.7 Å². The first-order valence-corrected chi connectivity index (χ1v) is 6.31. The topological polar surface area (TPSA) is 35.5 Å². The van der Waals surface area contributed by atoms with E-state index in [4.69, 9.17) is 15.9 Å². The fraction of sp³-hybridized carbons (Fsp3) is 0.438. The second-order valence-electron chi connectivity index (χ2n) is 5.07. The van der Waals surface area contributed by atoms with Gasteiger partial charge in [0.05, 0.1) is 7.11 Å². The van der Waals surface area contributed by atoms with Crippen molar-refractivity contribution in [2.45, 2.75) is 31.8 Å². The normalized spacial score (nSPS) is 23.9. The molecule has 19 heavy (non-hydrogen) atoms. The number of benzene rings is 1. The third kappa shape index (κ3) is 2.73. The predicted octanol–water partition coefficient (Wildman–Crippen LogP) is 2.75. The first-order chi connectivity index (χ1) is 9.00. The van der Waals surface area contributed by atoms with Gasteiger partial charge in [-0.2, -0.15) is 0 Å². The van der Waals surface area contributed by atoms with Gasteiger partial charge in [-0.15, -0.1) is 6.42 Å². The first-order valence-electron chi connectivity index (χ1n) is 6.31. The van der Waals surface area contributed by atoms with Crippen molar-refractivity contribution in [3.05, 3.63) is 29.8 Å². The Hall–Kier alpha value is -1.95. The minimum atomic E-state index is -0.809. The number of hydrogen-bond donors (Lipinski definition) is 0. The molecular formula is C16H18O3. The van der Waals surface area contributed by atoms with Crippen LogP contribution in [0.25, 0.3) is 0 Å². The average Bonchev–Trinajstić information content (AvgIpc) is 3.19. The molecule has 1 aliphatic carbocycles. The number of ether oxygens (including phenoxy) is 2. The van der Waals surface area contributed by atoms with Crippen molar-refractivity contribution < 1.29 is 14.3 Å². The summed E-state index contributed by atoms with van der Waals surface area (Å²) in [6, 6.07) is 7.94. The van der Waals surface area contributed by atoms with Crippen LogP contribution in [0.5, 0.6) is 5.75 Å². The van der Waals surface area contributed by atoms with Gasteiger partial charge in [0.1, 0.15) is 5.75 Å². The fourth-order valence-electron chi connectivity index (χ4n) is 2.53. The van der Waals surface area contributed by atoms with Crippen molar-refractivity contribution in [1.29, 1.82) is 0 Å². The lowest BCUT2D eigenvalue weighted by Crippen LogP contribution is -2.32. The van der Waals surface area contributed by atoms with Crippen LogP contribution in [0, 0.1) is 18.3 Å².